The van der Waals surface area contributed by atoms with Crippen molar-refractivity contribution in [2.24, 2.45) is 5.92 Å². The number of hydrogen-bond acceptors (Lipinski definition) is 3. The van der Waals surface area contributed by atoms with Crippen molar-refractivity contribution < 1.29 is 9.90 Å². The molecule has 1 unspecified atom stereocenters. The lowest BCUT2D eigenvalue weighted by molar-refractivity contribution is -0.144. The monoisotopic (exact) mass is 262 g/mol. The van der Waals surface area contributed by atoms with Gasteiger partial charge in [0.25, 0.3) is 0 Å². The van der Waals surface area contributed by atoms with Crippen molar-refractivity contribution in [3.05, 3.63) is 30.1 Å². The van der Waals surface area contributed by atoms with E-state index in [1.807, 2.05) is 19.2 Å². The van der Waals surface area contributed by atoms with Crippen molar-refractivity contribution in [1.82, 2.24) is 9.88 Å². The summed E-state index contributed by atoms with van der Waals surface area (Å²) in [5.74, 6) is -0.0278. The summed E-state index contributed by atoms with van der Waals surface area (Å²) in [7, 11) is 0. The summed E-state index contributed by atoms with van der Waals surface area (Å²) in [6.07, 6.45) is 7.63. The number of rotatable bonds is 5. The number of pyridine rings is 1. The average molecular weight is 262 g/mol. The highest BCUT2D eigenvalue weighted by Gasteiger charge is 2.28. The number of aromatic nitrogens is 1. The lowest BCUT2D eigenvalue weighted by atomic mass is 9.90. The summed E-state index contributed by atoms with van der Waals surface area (Å²) in [4.78, 5) is 17.4. The third kappa shape index (κ3) is 3.77. The van der Waals surface area contributed by atoms with Crippen LogP contribution in [-0.2, 0) is 11.2 Å². The van der Waals surface area contributed by atoms with Gasteiger partial charge in [-0.15, -0.1) is 0 Å². The standard InChI is InChI=1S/C15H22N2O2/c1-2-14(15(18)19)17-8-5-12(6-9-17)10-13-4-3-7-16-11-13/h3-4,7,11-12,14H,2,5-6,8-10H2,1H3,(H,18,19). The molecule has 1 saturated heterocycles. The molecule has 19 heavy (non-hydrogen) atoms. The smallest absolute Gasteiger partial charge is 0.320 e. The molecule has 1 aliphatic rings. The second-order valence-corrected chi connectivity index (χ2v) is 5.31. The molecule has 1 aromatic rings. The quantitative estimate of drug-likeness (QED) is 0.884. The van der Waals surface area contributed by atoms with Crippen LogP contribution in [0.1, 0.15) is 31.7 Å². The van der Waals surface area contributed by atoms with Gasteiger partial charge in [0, 0.05) is 12.4 Å². The number of aliphatic carboxylic acids is 1. The van der Waals surface area contributed by atoms with Gasteiger partial charge in [0.2, 0.25) is 0 Å². The molecule has 0 aliphatic carbocycles. The zero-order valence-corrected chi connectivity index (χ0v) is 11.5. The van der Waals surface area contributed by atoms with E-state index in [-0.39, 0.29) is 6.04 Å². The molecule has 104 valence electrons. The minimum atomic E-state index is -0.687. The van der Waals surface area contributed by atoms with Crippen molar-refractivity contribution in [3.63, 3.8) is 0 Å². The maximum Gasteiger partial charge on any atom is 0.320 e. The molecule has 4 nitrogen and oxygen atoms in total. The molecule has 1 aromatic heterocycles. The number of carboxylic acid groups (broad SMARTS) is 1. The Balaban J connectivity index is 1.84. The lowest BCUT2D eigenvalue weighted by Gasteiger charge is -2.35. The topological polar surface area (TPSA) is 53.4 Å². The first-order valence-corrected chi connectivity index (χ1v) is 7.06. The van der Waals surface area contributed by atoms with Crippen LogP contribution >= 0.6 is 0 Å². The molecular weight excluding hydrogens is 240 g/mol. The first-order valence-electron chi connectivity index (χ1n) is 7.06. The Morgan fingerprint density at radius 1 is 1.53 bits per heavy atom. The molecule has 0 spiro atoms. The summed E-state index contributed by atoms with van der Waals surface area (Å²) in [6.45, 7) is 3.74. The summed E-state index contributed by atoms with van der Waals surface area (Å²) < 4.78 is 0. The summed E-state index contributed by atoms with van der Waals surface area (Å²) >= 11 is 0. The van der Waals surface area contributed by atoms with E-state index in [0.717, 1.165) is 32.4 Å². The normalized spacial score (nSPS) is 19.2. The molecule has 1 atom stereocenters. The van der Waals surface area contributed by atoms with Crippen molar-refractivity contribution in [3.8, 4) is 0 Å². The van der Waals surface area contributed by atoms with Gasteiger partial charge < -0.3 is 5.11 Å². The van der Waals surface area contributed by atoms with Crippen LogP contribution in [0.15, 0.2) is 24.5 Å². The van der Waals surface area contributed by atoms with Crippen LogP contribution in [0.25, 0.3) is 0 Å². The number of carboxylic acids is 1. The van der Waals surface area contributed by atoms with Gasteiger partial charge in [-0.25, -0.2) is 0 Å². The fourth-order valence-corrected chi connectivity index (χ4v) is 2.91. The molecular formula is C15H22N2O2. The molecule has 0 aromatic carbocycles. The molecule has 4 heteroatoms. The van der Waals surface area contributed by atoms with E-state index < -0.39 is 5.97 Å². The fourth-order valence-electron chi connectivity index (χ4n) is 2.91. The summed E-state index contributed by atoms with van der Waals surface area (Å²) in [5.41, 5.74) is 1.28. The number of carbonyl (C=O) groups is 1. The third-order valence-electron chi connectivity index (χ3n) is 4.01. The SMILES string of the molecule is CCC(C(=O)O)N1CCC(Cc2cccnc2)CC1. The lowest BCUT2D eigenvalue weighted by Crippen LogP contribution is -2.45. The summed E-state index contributed by atoms with van der Waals surface area (Å²) in [6, 6.07) is 3.78. The van der Waals surface area contributed by atoms with E-state index in [1.54, 1.807) is 6.20 Å². The Morgan fingerprint density at radius 3 is 2.79 bits per heavy atom. The number of hydrogen-bond donors (Lipinski definition) is 1. The van der Waals surface area contributed by atoms with Gasteiger partial charge in [-0.1, -0.05) is 13.0 Å². The molecule has 0 saturated carbocycles. The number of likely N-dealkylation sites (tertiary alicyclic amines) is 1. The largest absolute Gasteiger partial charge is 0.480 e. The Kier molecular flexibility index (Phi) is 4.91. The van der Waals surface area contributed by atoms with Crippen LogP contribution in [-0.4, -0.2) is 40.1 Å². The molecule has 1 fully saturated rings. The van der Waals surface area contributed by atoms with Crippen molar-refractivity contribution in [2.75, 3.05) is 13.1 Å². The van der Waals surface area contributed by atoms with E-state index in [0.29, 0.717) is 12.3 Å². The average Bonchev–Trinajstić information content (AvgIpc) is 2.42. The Bertz CT molecular complexity index is 400. The molecule has 2 heterocycles. The highest BCUT2D eigenvalue weighted by molar-refractivity contribution is 5.73. The fraction of sp³-hybridized carbons (Fsp3) is 0.600. The number of piperidine rings is 1. The Hall–Kier alpha value is -1.42. The Morgan fingerprint density at radius 2 is 2.26 bits per heavy atom. The van der Waals surface area contributed by atoms with Gasteiger partial charge in [-0.2, -0.15) is 0 Å². The minimum absolute atomic E-state index is 0.306. The van der Waals surface area contributed by atoms with E-state index in [2.05, 4.69) is 16.0 Å². The van der Waals surface area contributed by atoms with E-state index in [1.165, 1.54) is 5.56 Å². The van der Waals surface area contributed by atoms with Gasteiger partial charge in [-0.05, 0) is 56.3 Å². The van der Waals surface area contributed by atoms with Gasteiger partial charge in [0.05, 0.1) is 0 Å². The van der Waals surface area contributed by atoms with Crippen LogP contribution in [0.3, 0.4) is 0 Å². The zero-order valence-electron chi connectivity index (χ0n) is 11.5. The van der Waals surface area contributed by atoms with E-state index in [9.17, 15) is 9.90 Å². The molecule has 1 N–H and O–H groups in total. The minimum Gasteiger partial charge on any atom is -0.480 e. The van der Waals surface area contributed by atoms with Gasteiger partial charge in [0.15, 0.2) is 0 Å². The summed E-state index contributed by atoms with van der Waals surface area (Å²) in [5, 5.41) is 9.18. The first-order chi connectivity index (χ1) is 9.20. The van der Waals surface area contributed by atoms with Crippen LogP contribution in [0.4, 0.5) is 0 Å². The second kappa shape index (κ2) is 6.66. The molecule has 1 aliphatic heterocycles. The number of nitrogens with zero attached hydrogens (tertiary/aromatic N) is 2. The van der Waals surface area contributed by atoms with E-state index >= 15 is 0 Å². The van der Waals surface area contributed by atoms with Crippen LogP contribution in [0.2, 0.25) is 0 Å². The Labute approximate surface area is 114 Å². The molecule has 2 rings (SSSR count). The predicted molar refractivity (Wildman–Crippen MR) is 74.0 cm³/mol. The maximum atomic E-state index is 11.2. The van der Waals surface area contributed by atoms with Crippen molar-refractivity contribution in [1.29, 1.82) is 0 Å². The van der Waals surface area contributed by atoms with Gasteiger partial charge >= 0.3 is 5.97 Å². The third-order valence-corrected chi connectivity index (χ3v) is 4.01. The highest BCUT2D eigenvalue weighted by Crippen LogP contribution is 2.23. The van der Waals surface area contributed by atoms with Crippen molar-refractivity contribution >= 4 is 5.97 Å². The zero-order chi connectivity index (χ0) is 13.7. The van der Waals surface area contributed by atoms with Crippen LogP contribution < -0.4 is 0 Å². The molecule has 0 radical (unpaired) electrons. The van der Waals surface area contributed by atoms with E-state index in [4.69, 9.17) is 0 Å². The molecule has 0 amide bonds. The van der Waals surface area contributed by atoms with Crippen LogP contribution in [0.5, 0.6) is 0 Å². The highest BCUT2D eigenvalue weighted by atomic mass is 16.4. The second-order valence-electron chi connectivity index (χ2n) is 5.31. The van der Waals surface area contributed by atoms with Crippen LogP contribution in [0, 0.1) is 5.92 Å². The van der Waals surface area contributed by atoms with Crippen molar-refractivity contribution in [2.45, 2.75) is 38.6 Å². The van der Waals surface area contributed by atoms with Gasteiger partial charge in [0.1, 0.15) is 6.04 Å². The molecule has 0 bridgehead atoms. The maximum absolute atomic E-state index is 11.2. The van der Waals surface area contributed by atoms with Gasteiger partial charge in [-0.3, -0.25) is 14.7 Å². The first kappa shape index (κ1) is 14.0. The predicted octanol–water partition coefficient (Wildman–Crippen LogP) is 2.20.